The normalized spacial score (nSPS) is 16.0. The molecule has 0 aromatic heterocycles. The molecule has 2 amide bonds. The summed E-state index contributed by atoms with van der Waals surface area (Å²) in [6.45, 7) is 0.958. The van der Waals surface area contributed by atoms with Crippen molar-refractivity contribution < 1.29 is 14.0 Å². The van der Waals surface area contributed by atoms with Crippen LogP contribution in [0.4, 0.5) is 10.1 Å². The van der Waals surface area contributed by atoms with Crippen LogP contribution in [0.2, 0.25) is 0 Å². The summed E-state index contributed by atoms with van der Waals surface area (Å²) >= 11 is 0. The maximum Gasteiger partial charge on any atom is 0.256 e. The van der Waals surface area contributed by atoms with E-state index in [9.17, 15) is 14.0 Å². The van der Waals surface area contributed by atoms with Gasteiger partial charge in [0.2, 0.25) is 5.91 Å². The molecule has 1 aromatic rings. The Hall–Kier alpha value is -2.11. The largest absolute Gasteiger partial charge is 0.396 e. The van der Waals surface area contributed by atoms with Gasteiger partial charge in [0.25, 0.3) is 5.91 Å². The number of nitrogens with one attached hydrogen (secondary N) is 1. The minimum atomic E-state index is -0.587. The molecule has 1 saturated heterocycles. The standard InChI is InChI=1S/C14H18FN3O2/c1-17-13(19)9-5-7-18(8-6-9)14(20)10-3-2-4-11(15)12(10)16/h2-4,9H,5-8,16H2,1H3,(H,17,19). The molecule has 5 nitrogen and oxygen atoms in total. The molecule has 0 radical (unpaired) electrons. The molecule has 0 atom stereocenters. The summed E-state index contributed by atoms with van der Waals surface area (Å²) in [7, 11) is 1.60. The highest BCUT2D eigenvalue weighted by atomic mass is 19.1. The molecule has 6 heteroatoms. The number of nitrogens with two attached hydrogens (primary N) is 1. The zero-order valence-electron chi connectivity index (χ0n) is 11.4. The maximum atomic E-state index is 13.4. The number of hydrogen-bond acceptors (Lipinski definition) is 3. The Morgan fingerprint density at radius 2 is 2.00 bits per heavy atom. The first kappa shape index (κ1) is 14.3. The number of piperidine rings is 1. The third-order valence-electron chi connectivity index (χ3n) is 3.68. The van der Waals surface area contributed by atoms with E-state index in [0.717, 1.165) is 0 Å². The highest BCUT2D eigenvalue weighted by molar-refractivity contribution is 5.99. The Labute approximate surface area is 116 Å². The average molecular weight is 279 g/mol. The van der Waals surface area contributed by atoms with Crippen molar-refractivity contribution in [1.29, 1.82) is 0 Å². The van der Waals surface area contributed by atoms with Crippen LogP contribution in [0.15, 0.2) is 18.2 Å². The van der Waals surface area contributed by atoms with Crippen LogP contribution in [-0.2, 0) is 4.79 Å². The molecule has 1 heterocycles. The van der Waals surface area contributed by atoms with Crippen molar-refractivity contribution >= 4 is 17.5 Å². The second-order valence-electron chi connectivity index (χ2n) is 4.88. The zero-order chi connectivity index (χ0) is 14.7. The van der Waals surface area contributed by atoms with Crippen LogP contribution in [0, 0.1) is 11.7 Å². The third-order valence-corrected chi connectivity index (χ3v) is 3.68. The molecular weight excluding hydrogens is 261 g/mol. The highest BCUT2D eigenvalue weighted by Crippen LogP contribution is 2.22. The number of rotatable bonds is 2. The van der Waals surface area contributed by atoms with Gasteiger partial charge in [-0.25, -0.2) is 4.39 Å². The van der Waals surface area contributed by atoms with Gasteiger partial charge in [-0.1, -0.05) is 6.07 Å². The molecule has 1 aliphatic rings. The van der Waals surface area contributed by atoms with E-state index in [0.29, 0.717) is 25.9 Å². The first-order valence-electron chi connectivity index (χ1n) is 6.59. The Kier molecular flexibility index (Phi) is 4.22. The Morgan fingerprint density at radius 3 is 2.60 bits per heavy atom. The molecule has 1 aliphatic heterocycles. The lowest BCUT2D eigenvalue weighted by Gasteiger charge is -2.31. The third kappa shape index (κ3) is 2.74. The molecule has 0 saturated carbocycles. The van der Waals surface area contributed by atoms with Crippen LogP contribution < -0.4 is 11.1 Å². The van der Waals surface area contributed by atoms with E-state index < -0.39 is 5.82 Å². The second-order valence-corrected chi connectivity index (χ2v) is 4.88. The van der Waals surface area contributed by atoms with Crippen LogP contribution in [0.3, 0.4) is 0 Å². The molecule has 1 fully saturated rings. The smallest absolute Gasteiger partial charge is 0.256 e. The number of carbonyl (C=O) groups is 2. The van der Waals surface area contributed by atoms with Crippen molar-refractivity contribution in [3.8, 4) is 0 Å². The summed E-state index contributed by atoms with van der Waals surface area (Å²) < 4.78 is 13.4. The molecule has 0 aliphatic carbocycles. The number of carbonyl (C=O) groups excluding carboxylic acids is 2. The Morgan fingerprint density at radius 1 is 1.35 bits per heavy atom. The second kappa shape index (κ2) is 5.90. The van der Waals surface area contributed by atoms with Gasteiger partial charge < -0.3 is 16.0 Å². The zero-order valence-corrected chi connectivity index (χ0v) is 11.4. The summed E-state index contributed by atoms with van der Waals surface area (Å²) in [5, 5.41) is 2.62. The minimum Gasteiger partial charge on any atom is -0.396 e. The van der Waals surface area contributed by atoms with E-state index >= 15 is 0 Å². The van der Waals surface area contributed by atoms with Gasteiger partial charge in [-0.15, -0.1) is 0 Å². The summed E-state index contributed by atoms with van der Waals surface area (Å²) in [6, 6.07) is 4.21. The quantitative estimate of drug-likeness (QED) is 0.793. The summed E-state index contributed by atoms with van der Waals surface area (Å²) in [6.07, 6.45) is 1.22. The van der Waals surface area contributed by atoms with Gasteiger partial charge in [0.05, 0.1) is 11.3 Å². The topological polar surface area (TPSA) is 75.4 Å². The minimum absolute atomic E-state index is 0.00219. The van der Waals surface area contributed by atoms with Crippen LogP contribution >= 0.6 is 0 Å². The van der Waals surface area contributed by atoms with Gasteiger partial charge in [0, 0.05) is 26.1 Å². The fourth-order valence-electron chi connectivity index (χ4n) is 2.44. The van der Waals surface area contributed by atoms with E-state index in [2.05, 4.69) is 5.32 Å². The first-order chi connectivity index (χ1) is 9.54. The maximum absolute atomic E-state index is 13.4. The SMILES string of the molecule is CNC(=O)C1CCN(C(=O)c2cccc(F)c2N)CC1. The Bertz CT molecular complexity index is 525. The van der Waals surface area contributed by atoms with E-state index in [-0.39, 0.29) is 29.0 Å². The fourth-order valence-corrected chi connectivity index (χ4v) is 2.44. The number of para-hydroxylation sites is 1. The first-order valence-corrected chi connectivity index (χ1v) is 6.59. The molecule has 20 heavy (non-hydrogen) atoms. The van der Waals surface area contributed by atoms with Gasteiger partial charge in [0.15, 0.2) is 0 Å². The summed E-state index contributed by atoms with van der Waals surface area (Å²) in [4.78, 5) is 25.4. The lowest BCUT2D eigenvalue weighted by atomic mass is 9.95. The van der Waals surface area contributed by atoms with Crippen LogP contribution in [-0.4, -0.2) is 36.9 Å². The van der Waals surface area contributed by atoms with Gasteiger partial charge in [0.1, 0.15) is 5.82 Å². The van der Waals surface area contributed by atoms with Crippen molar-refractivity contribution in [3.05, 3.63) is 29.6 Å². The molecule has 0 spiro atoms. The number of nitrogen functional groups attached to an aromatic ring is 1. The van der Waals surface area contributed by atoms with Gasteiger partial charge in [-0.3, -0.25) is 9.59 Å². The number of likely N-dealkylation sites (tertiary alicyclic amines) is 1. The van der Waals surface area contributed by atoms with E-state index in [1.165, 1.54) is 18.2 Å². The number of halogens is 1. The van der Waals surface area contributed by atoms with E-state index in [1.807, 2.05) is 0 Å². The van der Waals surface area contributed by atoms with E-state index in [1.54, 1.807) is 11.9 Å². The van der Waals surface area contributed by atoms with Crippen molar-refractivity contribution in [2.24, 2.45) is 5.92 Å². The van der Waals surface area contributed by atoms with Crippen molar-refractivity contribution in [3.63, 3.8) is 0 Å². The predicted molar refractivity (Wildman–Crippen MR) is 73.5 cm³/mol. The molecule has 108 valence electrons. The average Bonchev–Trinajstić information content (AvgIpc) is 2.48. The monoisotopic (exact) mass is 279 g/mol. The molecule has 3 N–H and O–H groups in total. The molecule has 2 rings (SSSR count). The summed E-state index contributed by atoms with van der Waals surface area (Å²) in [5.41, 5.74) is 5.66. The number of nitrogens with zero attached hydrogens (tertiary/aromatic N) is 1. The van der Waals surface area contributed by atoms with Crippen molar-refractivity contribution in [2.45, 2.75) is 12.8 Å². The molecular formula is C14H18FN3O2. The fraction of sp³-hybridized carbons (Fsp3) is 0.429. The van der Waals surface area contributed by atoms with Gasteiger partial charge in [-0.2, -0.15) is 0 Å². The predicted octanol–water partition coefficient (Wildman–Crippen LogP) is 1.01. The lowest BCUT2D eigenvalue weighted by Crippen LogP contribution is -2.42. The van der Waals surface area contributed by atoms with Crippen LogP contribution in [0.25, 0.3) is 0 Å². The van der Waals surface area contributed by atoms with Crippen LogP contribution in [0.5, 0.6) is 0 Å². The lowest BCUT2D eigenvalue weighted by molar-refractivity contribution is -0.125. The molecule has 0 unspecified atom stereocenters. The highest BCUT2D eigenvalue weighted by Gasteiger charge is 2.28. The van der Waals surface area contributed by atoms with Gasteiger partial charge >= 0.3 is 0 Å². The number of hydrogen-bond donors (Lipinski definition) is 2. The molecule has 1 aromatic carbocycles. The van der Waals surface area contributed by atoms with Gasteiger partial charge in [-0.05, 0) is 25.0 Å². The van der Waals surface area contributed by atoms with Crippen molar-refractivity contribution in [1.82, 2.24) is 10.2 Å². The number of benzene rings is 1. The Balaban J connectivity index is 2.05. The summed E-state index contributed by atoms with van der Waals surface area (Å²) in [5.74, 6) is -0.926. The van der Waals surface area contributed by atoms with Crippen molar-refractivity contribution in [2.75, 3.05) is 25.9 Å². The molecule has 0 bridgehead atoms. The van der Waals surface area contributed by atoms with Crippen LogP contribution in [0.1, 0.15) is 23.2 Å². The number of amides is 2. The van der Waals surface area contributed by atoms with E-state index in [4.69, 9.17) is 5.73 Å². The number of anilines is 1.